The van der Waals surface area contributed by atoms with Crippen LogP contribution in [0.15, 0.2) is 59.3 Å². The fourth-order valence-electron chi connectivity index (χ4n) is 3.88. The third kappa shape index (κ3) is 7.59. The Morgan fingerprint density at radius 3 is 2.43 bits per heavy atom. The van der Waals surface area contributed by atoms with Crippen molar-refractivity contribution < 1.29 is 18.8 Å². The highest BCUT2D eigenvalue weighted by molar-refractivity contribution is 6.04. The molecule has 8 heteroatoms. The second-order valence-electron chi connectivity index (χ2n) is 10.3. The summed E-state index contributed by atoms with van der Waals surface area (Å²) in [7, 11) is 0. The number of pyridine rings is 1. The van der Waals surface area contributed by atoms with Gasteiger partial charge in [-0.3, -0.25) is 24.3 Å². The zero-order valence-corrected chi connectivity index (χ0v) is 22.1. The van der Waals surface area contributed by atoms with E-state index in [0.29, 0.717) is 36.4 Å². The van der Waals surface area contributed by atoms with E-state index in [1.165, 1.54) is 4.90 Å². The molecule has 37 heavy (non-hydrogen) atoms. The van der Waals surface area contributed by atoms with Crippen LogP contribution in [0.2, 0.25) is 0 Å². The predicted octanol–water partition coefficient (Wildman–Crippen LogP) is 4.83. The number of aromatic nitrogens is 2. The fraction of sp³-hybridized carbons (Fsp3) is 0.414. The number of oxazole rings is 1. The molecule has 0 saturated carbocycles. The third-order valence-corrected chi connectivity index (χ3v) is 6.27. The number of amides is 3. The molecule has 0 aliphatic carbocycles. The van der Waals surface area contributed by atoms with Crippen molar-refractivity contribution in [1.82, 2.24) is 14.9 Å². The van der Waals surface area contributed by atoms with Crippen LogP contribution in [0.4, 0.5) is 0 Å². The van der Waals surface area contributed by atoms with Gasteiger partial charge in [-0.05, 0) is 49.3 Å². The number of imide groups is 1. The summed E-state index contributed by atoms with van der Waals surface area (Å²) in [6.07, 6.45) is 5.33. The fourth-order valence-corrected chi connectivity index (χ4v) is 3.88. The first-order valence-electron chi connectivity index (χ1n) is 12.7. The summed E-state index contributed by atoms with van der Waals surface area (Å²) in [5.74, 6) is -0.807. The third-order valence-electron chi connectivity index (χ3n) is 6.27. The minimum atomic E-state index is -0.864. The smallest absolute Gasteiger partial charge is 0.298 e. The lowest BCUT2D eigenvalue weighted by Gasteiger charge is -2.24. The summed E-state index contributed by atoms with van der Waals surface area (Å²) < 4.78 is 5.97. The molecule has 0 unspecified atom stereocenters. The normalized spacial score (nSPS) is 11.5. The number of nitrogens with two attached hydrogens (primary N) is 1. The lowest BCUT2D eigenvalue weighted by atomic mass is 9.87. The average molecular weight is 505 g/mol. The van der Waals surface area contributed by atoms with Crippen molar-refractivity contribution in [2.75, 3.05) is 6.54 Å². The molecule has 196 valence electrons. The monoisotopic (exact) mass is 504 g/mol. The van der Waals surface area contributed by atoms with Crippen molar-refractivity contribution in [3.05, 3.63) is 71.9 Å². The highest BCUT2D eigenvalue weighted by atomic mass is 16.4. The van der Waals surface area contributed by atoms with Crippen molar-refractivity contribution in [3.63, 3.8) is 0 Å². The van der Waals surface area contributed by atoms with Gasteiger partial charge in [0.05, 0.1) is 11.3 Å². The molecular weight excluding hydrogens is 468 g/mol. The quantitative estimate of drug-likeness (QED) is 0.377. The van der Waals surface area contributed by atoms with Crippen LogP contribution in [0.25, 0.3) is 11.5 Å². The van der Waals surface area contributed by atoms with E-state index in [1.807, 2.05) is 44.2 Å². The maximum absolute atomic E-state index is 13.8. The molecular formula is C29H36N4O4. The zero-order valence-electron chi connectivity index (χ0n) is 22.1. The molecule has 0 atom stereocenters. The van der Waals surface area contributed by atoms with Gasteiger partial charge in [0.25, 0.3) is 5.91 Å². The Hall–Kier alpha value is -3.81. The number of benzene rings is 1. The van der Waals surface area contributed by atoms with Crippen molar-refractivity contribution in [3.8, 4) is 11.5 Å². The number of carbonyl (C=O) groups is 3. The summed E-state index contributed by atoms with van der Waals surface area (Å²) in [5.41, 5.74) is 6.91. The molecule has 0 bridgehead atoms. The van der Waals surface area contributed by atoms with Gasteiger partial charge in [0.1, 0.15) is 0 Å². The number of aryl methyl sites for hydroxylation is 1. The minimum Gasteiger partial charge on any atom is -0.431 e. The van der Waals surface area contributed by atoms with E-state index in [9.17, 15) is 14.4 Å². The Morgan fingerprint density at radius 1 is 1.08 bits per heavy atom. The largest absolute Gasteiger partial charge is 0.431 e. The number of nitrogens with zero attached hydrogens (tertiary/aromatic N) is 3. The Labute approximate surface area is 218 Å². The zero-order chi connectivity index (χ0) is 27.0. The van der Waals surface area contributed by atoms with Crippen LogP contribution in [0.5, 0.6) is 0 Å². The van der Waals surface area contributed by atoms with Crippen LogP contribution in [-0.2, 0) is 22.4 Å². The maximum Gasteiger partial charge on any atom is 0.298 e. The number of carbonyl (C=O) groups excluding carboxylic acids is 3. The van der Waals surface area contributed by atoms with Crippen LogP contribution in [0.3, 0.4) is 0 Å². The van der Waals surface area contributed by atoms with Gasteiger partial charge in [-0.2, -0.15) is 0 Å². The molecule has 2 N–H and O–H groups in total. The number of rotatable bonds is 12. The van der Waals surface area contributed by atoms with E-state index in [1.54, 1.807) is 38.4 Å². The molecule has 0 saturated heterocycles. The molecule has 3 amide bonds. The lowest BCUT2D eigenvalue weighted by molar-refractivity contribution is -0.130. The van der Waals surface area contributed by atoms with E-state index in [-0.39, 0.29) is 37.0 Å². The molecule has 0 spiro atoms. The molecule has 0 fully saturated rings. The number of hydrogen-bond acceptors (Lipinski definition) is 6. The molecule has 8 nitrogen and oxygen atoms in total. The number of hydrogen-bond donors (Lipinski definition) is 1. The van der Waals surface area contributed by atoms with Crippen molar-refractivity contribution >= 4 is 17.7 Å². The van der Waals surface area contributed by atoms with Gasteiger partial charge in [0.15, 0.2) is 0 Å². The number of primary amides is 1. The SMILES string of the molecule is CC(C)Cc1nc(-c2cccnc2)oc1C(=O)N(CCCc1ccccc1)C(=O)CCC(C)(C)C(N)=O. The van der Waals surface area contributed by atoms with Gasteiger partial charge in [-0.25, -0.2) is 4.98 Å². The summed E-state index contributed by atoms with van der Waals surface area (Å²) in [5, 5.41) is 0. The first kappa shape index (κ1) is 27.8. The highest BCUT2D eigenvalue weighted by Gasteiger charge is 2.32. The Kier molecular flexibility index (Phi) is 9.33. The van der Waals surface area contributed by atoms with Gasteiger partial charge in [0, 0.05) is 30.8 Å². The van der Waals surface area contributed by atoms with E-state index in [2.05, 4.69) is 9.97 Å². The van der Waals surface area contributed by atoms with Crippen LogP contribution >= 0.6 is 0 Å². The molecule has 2 aromatic heterocycles. The minimum absolute atomic E-state index is 0.0101. The summed E-state index contributed by atoms with van der Waals surface area (Å²) in [4.78, 5) is 48.9. The molecule has 0 aliphatic rings. The van der Waals surface area contributed by atoms with Crippen LogP contribution in [0.1, 0.15) is 68.8 Å². The first-order valence-corrected chi connectivity index (χ1v) is 12.7. The molecule has 0 aliphatic heterocycles. The van der Waals surface area contributed by atoms with Crippen LogP contribution < -0.4 is 5.73 Å². The van der Waals surface area contributed by atoms with Gasteiger partial charge < -0.3 is 10.2 Å². The Balaban J connectivity index is 1.89. The van der Waals surface area contributed by atoms with Gasteiger partial charge in [-0.15, -0.1) is 0 Å². The standard InChI is InChI=1S/C29H36N4O4/c1-20(2)18-23-25(37-26(32-23)22-13-8-16-31-19-22)27(35)33(17-9-12-21-10-6-5-7-11-21)24(34)14-15-29(3,4)28(30)36/h5-8,10-11,13,16,19-20H,9,12,14-15,17-18H2,1-4H3,(H2,30,36). The second-order valence-corrected chi connectivity index (χ2v) is 10.3. The highest BCUT2D eigenvalue weighted by Crippen LogP contribution is 2.26. The predicted molar refractivity (Wildman–Crippen MR) is 141 cm³/mol. The van der Waals surface area contributed by atoms with Crippen molar-refractivity contribution in [1.29, 1.82) is 0 Å². The first-order chi connectivity index (χ1) is 17.6. The topological polar surface area (TPSA) is 119 Å². The van der Waals surface area contributed by atoms with E-state index in [4.69, 9.17) is 10.2 Å². The van der Waals surface area contributed by atoms with Crippen LogP contribution in [-0.4, -0.2) is 39.1 Å². The van der Waals surface area contributed by atoms with Crippen LogP contribution in [0, 0.1) is 11.3 Å². The summed E-state index contributed by atoms with van der Waals surface area (Å²) >= 11 is 0. The van der Waals surface area contributed by atoms with E-state index >= 15 is 0 Å². The van der Waals surface area contributed by atoms with Crippen molar-refractivity contribution in [2.45, 2.75) is 59.8 Å². The van der Waals surface area contributed by atoms with E-state index < -0.39 is 17.2 Å². The molecule has 2 heterocycles. The van der Waals surface area contributed by atoms with Crippen molar-refractivity contribution in [2.24, 2.45) is 17.1 Å². The average Bonchev–Trinajstić information content (AvgIpc) is 3.29. The molecule has 1 aromatic carbocycles. The molecule has 3 rings (SSSR count). The maximum atomic E-state index is 13.8. The van der Waals surface area contributed by atoms with E-state index in [0.717, 1.165) is 5.56 Å². The van der Waals surface area contributed by atoms with Gasteiger partial charge >= 0.3 is 0 Å². The van der Waals surface area contributed by atoms with Gasteiger partial charge in [0.2, 0.25) is 23.5 Å². The van der Waals surface area contributed by atoms with Gasteiger partial charge in [-0.1, -0.05) is 58.0 Å². The summed E-state index contributed by atoms with van der Waals surface area (Å²) in [6.45, 7) is 7.67. The molecule has 3 aromatic rings. The lowest BCUT2D eigenvalue weighted by Crippen LogP contribution is -2.40. The Bertz CT molecular complexity index is 1200. The Morgan fingerprint density at radius 2 is 1.81 bits per heavy atom. The second kappa shape index (κ2) is 12.4. The molecule has 0 radical (unpaired) electrons. The summed E-state index contributed by atoms with van der Waals surface area (Å²) in [6, 6.07) is 13.5.